The van der Waals surface area contributed by atoms with Crippen molar-refractivity contribution < 1.29 is 28.6 Å². The summed E-state index contributed by atoms with van der Waals surface area (Å²) in [6.45, 7) is 1.24. The molecule has 9 heteroatoms. The molecule has 0 aliphatic carbocycles. The Hall–Kier alpha value is -2.74. The van der Waals surface area contributed by atoms with E-state index in [1.807, 2.05) is 0 Å². The van der Waals surface area contributed by atoms with Crippen LogP contribution in [0.5, 0.6) is 11.5 Å². The molecule has 0 bridgehead atoms. The van der Waals surface area contributed by atoms with Crippen molar-refractivity contribution in [3.63, 3.8) is 0 Å². The molecule has 2 N–H and O–H groups in total. The zero-order chi connectivity index (χ0) is 20.1. The number of carbonyl (C=O) groups excluding carboxylic acids is 3. The first kappa shape index (κ1) is 20.0. The number of ether oxygens (including phenoxy) is 3. The normalized spacial score (nSPS) is 18.8. The van der Waals surface area contributed by atoms with Crippen LogP contribution in [0.25, 0.3) is 6.08 Å². The van der Waals surface area contributed by atoms with E-state index in [-0.39, 0.29) is 18.4 Å². The van der Waals surface area contributed by atoms with Gasteiger partial charge >= 0.3 is 5.97 Å². The first-order chi connectivity index (χ1) is 13.4. The first-order valence-corrected chi connectivity index (χ1v) is 9.33. The third-order valence-corrected chi connectivity index (χ3v) is 4.83. The van der Waals surface area contributed by atoms with Crippen molar-refractivity contribution >= 4 is 35.5 Å². The second-order valence-electron chi connectivity index (χ2n) is 6.55. The number of fused-ring (bicyclic) bond motifs is 1. The van der Waals surface area contributed by atoms with Crippen molar-refractivity contribution in [2.45, 2.75) is 12.8 Å². The van der Waals surface area contributed by atoms with E-state index in [2.05, 4.69) is 0 Å². The van der Waals surface area contributed by atoms with Crippen molar-refractivity contribution in [3.05, 3.63) is 28.8 Å². The summed E-state index contributed by atoms with van der Waals surface area (Å²) < 4.78 is 15.9. The molecular formula is C19H21ClN2O6. The largest absolute Gasteiger partial charge is 0.486 e. The molecule has 2 aliphatic heterocycles. The highest BCUT2D eigenvalue weighted by atomic mass is 35.5. The van der Waals surface area contributed by atoms with Crippen molar-refractivity contribution in [2.24, 2.45) is 11.7 Å². The Balaban J connectivity index is 1.52. The lowest BCUT2D eigenvalue weighted by atomic mass is 9.97. The van der Waals surface area contributed by atoms with Crippen LogP contribution in [0.15, 0.2) is 18.2 Å². The first-order valence-electron chi connectivity index (χ1n) is 8.95. The summed E-state index contributed by atoms with van der Waals surface area (Å²) in [5, 5.41) is 0.384. The molecule has 2 amide bonds. The van der Waals surface area contributed by atoms with Gasteiger partial charge < -0.3 is 24.8 Å². The minimum atomic E-state index is -0.664. The van der Waals surface area contributed by atoms with E-state index < -0.39 is 18.5 Å². The molecule has 0 saturated carbocycles. The lowest BCUT2D eigenvalue weighted by Crippen LogP contribution is -2.45. The van der Waals surface area contributed by atoms with Crippen LogP contribution in [0.3, 0.4) is 0 Å². The Kier molecular flexibility index (Phi) is 6.41. The topological polar surface area (TPSA) is 108 Å². The monoisotopic (exact) mass is 408 g/mol. The highest BCUT2D eigenvalue weighted by Crippen LogP contribution is 2.38. The number of benzene rings is 1. The Morgan fingerprint density at radius 2 is 2.07 bits per heavy atom. The molecule has 8 nitrogen and oxygen atoms in total. The molecule has 0 spiro atoms. The van der Waals surface area contributed by atoms with E-state index >= 15 is 0 Å². The average molecular weight is 409 g/mol. The number of primary amides is 1. The van der Waals surface area contributed by atoms with E-state index in [0.717, 1.165) is 0 Å². The maximum atomic E-state index is 12.2. The van der Waals surface area contributed by atoms with E-state index in [0.29, 0.717) is 54.7 Å². The van der Waals surface area contributed by atoms with Gasteiger partial charge in [0.2, 0.25) is 5.91 Å². The fourth-order valence-electron chi connectivity index (χ4n) is 3.10. The highest BCUT2D eigenvalue weighted by Gasteiger charge is 2.27. The van der Waals surface area contributed by atoms with Crippen molar-refractivity contribution in [3.8, 4) is 11.5 Å². The lowest BCUT2D eigenvalue weighted by Gasteiger charge is -2.30. The van der Waals surface area contributed by atoms with Gasteiger partial charge in [0.05, 0.1) is 10.9 Å². The zero-order valence-electron chi connectivity index (χ0n) is 15.2. The minimum Gasteiger partial charge on any atom is -0.486 e. The van der Waals surface area contributed by atoms with Crippen LogP contribution in [0.2, 0.25) is 5.02 Å². The van der Waals surface area contributed by atoms with Gasteiger partial charge in [-0.3, -0.25) is 9.59 Å². The van der Waals surface area contributed by atoms with E-state index in [1.54, 1.807) is 12.1 Å². The fourth-order valence-corrected chi connectivity index (χ4v) is 3.37. The molecule has 1 aromatic rings. The maximum Gasteiger partial charge on any atom is 0.331 e. The summed E-state index contributed by atoms with van der Waals surface area (Å²) in [7, 11) is 0. The number of hydrogen-bond donors (Lipinski definition) is 1. The van der Waals surface area contributed by atoms with E-state index in [1.165, 1.54) is 17.1 Å². The summed E-state index contributed by atoms with van der Waals surface area (Å²) in [4.78, 5) is 36.9. The molecule has 28 heavy (non-hydrogen) atoms. The van der Waals surface area contributed by atoms with Gasteiger partial charge in [-0.25, -0.2) is 4.79 Å². The molecule has 2 heterocycles. The summed E-state index contributed by atoms with van der Waals surface area (Å²) in [6, 6.07) is 3.34. The number of nitrogens with two attached hydrogens (primary N) is 1. The molecule has 1 atom stereocenters. The number of halogens is 1. The second-order valence-corrected chi connectivity index (χ2v) is 6.96. The van der Waals surface area contributed by atoms with Crippen LogP contribution in [0, 0.1) is 5.92 Å². The lowest BCUT2D eigenvalue weighted by molar-refractivity contribution is -0.149. The van der Waals surface area contributed by atoms with E-state index in [9.17, 15) is 14.4 Å². The standard InChI is InChI=1S/C19H21ClN2O6/c20-14-8-12(9-15-18(14)27-7-6-26-15)3-4-17(24)28-11-16(23)22-5-1-2-13(10-22)19(21)25/h3-4,8-9,13H,1-2,5-7,10-11H2,(H2,21,25)/b4-3+/t13-/m1/s1. The Morgan fingerprint density at radius 1 is 1.29 bits per heavy atom. The molecule has 0 aromatic heterocycles. The van der Waals surface area contributed by atoms with Gasteiger partial charge in [-0.1, -0.05) is 11.6 Å². The summed E-state index contributed by atoms with van der Waals surface area (Å²) in [6.07, 6.45) is 4.08. The van der Waals surface area contributed by atoms with Crippen LogP contribution < -0.4 is 15.2 Å². The number of carbonyl (C=O) groups is 3. The number of esters is 1. The van der Waals surface area contributed by atoms with Gasteiger partial charge in [0.1, 0.15) is 13.2 Å². The predicted molar refractivity (Wildman–Crippen MR) is 101 cm³/mol. The molecule has 1 saturated heterocycles. The van der Waals surface area contributed by atoms with Crippen LogP contribution >= 0.6 is 11.6 Å². The van der Waals surface area contributed by atoms with Gasteiger partial charge in [0, 0.05) is 19.2 Å². The average Bonchev–Trinajstić information content (AvgIpc) is 2.70. The number of nitrogens with zero attached hydrogens (tertiary/aromatic N) is 1. The van der Waals surface area contributed by atoms with Crippen LogP contribution in [-0.4, -0.2) is 55.6 Å². The summed E-state index contributed by atoms with van der Waals surface area (Å²) in [5.41, 5.74) is 5.94. The Labute approximate surface area is 167 Å². The van der Waals surface area contributed by atoms with Gasteiger partial charge in [0.15, 0.2) is 18.1 Å². The molecule has 1 aromatic carbocycles. The number of likely N-dealkylation sites (tertiary alicyclic amines) is 1. The number of piperidine rings is 1. The van der Waals surface area contributed by atoms with Crippen LogP contribution in [-0.2, 0) is 19.1 Å². The van der Waals surface area contributed by atoms with Gasteiger partial charge in [-0.15, -0.1) is 0 Å². The molecule has 2 aliphatic rings. The number of hydrogen-bond acceptors (Lipinski definition) is 6. The third-order valence-electron chi connectivity index (χ3n) is 4.55. The van der Waals surface area contributed by atoms with Crippen molar-refractivity contribution in [1.82, 2.24) is 4.90 Å². The zero-order valence-corrected chi connectivity index (χ0v) is 15.9. The Bertz CT molecular complexity index is 810. The molecule has 0 unspecified atom stereocenters. The van der Waals surface area contributed by atoms with Crippen LogP contribution in [0.4, 0.5) is 0 Å². The van der Waals surface area contributed by atoms with Crippen molar-refractivity contribution in [2.75, 3.05) is 32.9 Å². The smallest absolute Gasteiger partial charge is 0.331 e. The quantitative estimate of drug-likeness (QED) is 0.582. The number of amides is 2. The predicted octanol–water partition coefficient (Wildman–Crippen LogP) is 1.39. The number of rotatable bonds is 5. The third kappa shape index (κ3) is 4.95. The fraction of sp³-hybridized carbons (Fsp3) is 0.421. The second kappa shape index (κ2) is 8.97. The SMILES string of the molecule is NC(=O)[C@@H]1CCCN(C(=O)COC(=O)/C=C/c2cc(Cl)c3c(c2)OCCO3)C1. The van der Waals surface area contributed by atoms with Crippen LogP contribution in [0.1, 0.15) is 18.4 Å². The van der Waals surface area contributed by atoms with Gasteiger partial charge in [-0.2, -0.15) is 0 Å². The highest BCUT2D eigenvalue weighted by molar-refractivity contribution is 6.32. The van der Waals surface area contributed by atoms with Gasteiger partial charge in [-0.05, 0) is 36.6 Å². The van der Waals surface area contributed by atoms with E-state index in [4.69, 9.17) is 31.5 Å². The summed E-state index contributed by atoms with van der Waals surface area (Å²) >= 11 is 6.15. The molecular weight excluding hydrogens is 388 g/mol. The van der Waals surface area contributed by atoms with Gasteiger partial charge in [0.25, 0.3) is 5.91 Å². The summed E-state index contributed by atoms with van der Waals surface area (Å²) in [5.74, 6) is -0.799. The Morgan fingerprint density at radius 3 is 2.86 bits per heavy atom. The minimum absolute atomic E-state index is 0.261. The molecule has 150 valence electrons. The molecule has 1 fully saturated rings. The van der Waals surface area contributed by atoms with Crippen molar-refractivity contribution in [1.29, 1.82) is 0 Å². The molecule has 3 rings (SSSR count). The maximum absolute atomic E-state index is 12.2. The molecule has 0 radical (unpaired) electrons.